The zero-order valence-electron chi connectivity index (χ0n) is 18.0. The number of nitrogens with zero attached hydrogens (tertiary/aromatic N) is 4. The second-order valence-electron chi connectivity index (χ2n) is 6.92. The smallest absolute Gasteiger partial charge is 0.543 e. The van der Waals surface area contributed by atoms with Gasteiger partial charge in [-0.2, -0.15) is 0 Å². The monoisotopic (exact) mass is 548 g/mol. The average molecular weight is 549 g/mol. The van der Waals surface area contributed by atoms with Gasteiger partial charge < -0.3 is 26.2 Å². The first-order valence-corrected chi connectivity index (χ1v) is 13.3. The number of hydrogen-bond acceptors (Lipinski definition) is 13. The van der Waals surface area contributed by atoms with Gasteiger partial charge in [0.2, 0.25) is 0 Å². The summed E-state index contributed by atoms with van der Waals surface area (Å²) in [6.45, 7) is 1.91. The SMILES string of the molecule is Cc1csc(CCSC2=C(C(=O)[O-])N3C(=O)[C@@H](NC(=O)/C(=N\O)c4csc(N)n4)[C@H]3SC2)n1.[Na+]. The molecule has 0 spiro atoms. The molecule has 2 aliphatic heterocycles. The summed E-state index contributed by atoms with van der Waals surface area (Å²) in [6, 6.07) is -0.977. The Hall–Kier alpha value is -1.62. The largest absolute Gasteiger partial charge is 1.00 e. The van der Waals surface area contributed by atoms with E-state index in [2.05, 4.69) is 20.4 Å². The van der Waals surface area contributed by atoms with Crippen LogP contribution in [0.25, 0.3) is 0 Å². The van der Waals surface area contributed by atoms with Gasteiger partial charge in [-0.3, -0.25) is 14.5 Å². The number of anilines is 1. The number of thiazole rings is 2. The fourth-order valence-corrected chi connectivity index (χ4v) is 7.33. The number of amides is 2. The molecule has 11 nitrogen and oxygen atoms in total. The van der Waals surface area contributed by atoms with Gasteiger partial charge in [0.25, 0.3) is 11.8 Å². The third kappa shape index (κ3) is 5.45. The van der Waals surface area contributed by atoms with Crippen LogP contribution in [0.15, 0.2) is 26.5 Å². The number of thioether (sulfide) groups is 2. The van der Waals surface area contributed by atoms with Crippen LogP contribution in [0.1, 0.15) is 16.4 Å². The number of carboxylic acid groups (broad SMARTS) is 1. The zero-order valence-corrected chi connectivity index (χ0v) is 23.3. The number of carbonyl (C=O) groups excluding carboxylic acids is 3. The number of hydrogen-bond donors (Lipinski definition) is 3. The summed E-state index contributed by atoms with van der Waals surface area (Å²) in [4.78, 5) is 47.1. The standard InChI is InChI=1S/C18H18N6O5S4.Na/c1-7-4-31-10(20-7)2-3-30-9-6-32-16-12(15(26)24(16)13(9)17(27)28)22-14(25)11(23-29)8-5-33-18(19)21-8;/h4-5,12,16,29H,2-3,6H2,1H3,(H2,19,21)(H,22,25)(H,27,28);/q;+1/p-1/b23-11-;/t12-,16-;/m1./s1. The van der Waals surface area contributed by atoms with Gasteiger partial charge in [0.1, 0.15) is 17.1 Å². The first kappa shape index (κ1) is 27.0. The number of aromatic nitrogens is 2. The number of rotatable bonds is 8. The van der Waals surface area contributed by atoms with Crippen molar-refractivity contribution in [1.82, 2.24) is 20.2 Å². The predicted octanol–water partition coefficient (Wildman–Crippen LogP) is -2.99. The molecule has 34 heavy (non-hydrogen) atoms. The molecule has 16 heteroatoms. The molecule has 0 aromatic carbocycles. The first-order chi connectivity index (χ1) is 15.8. The third-order valence-corrected chi connectivity index (χ3v) is 9.01. The summed E-state index contributed by atoms with van der Waals surface area (Å²) < 4.78 is 0. The van der Waals surface area contributed by atoms with Crippen molar-refractivity contribution in [2.45, 2.75) is 24.8 Å². The maximum Gasteiger partial charge on any atom is 1.00 e. The Kier molecular flexibility index (Phi) is 9.05. The van der Waals surface area contributed by atoms with Crippen molar-refractivity contribution < 1.29 is 54.3 Å². The summed E-state index contributed by atoms with van der Waals surface area (Å²) in [5.74, 6) is -1.88. The number of fused-ring (bicyclic) bond motifs is 1. The number of carbonyl (C=O) groups is 3. The Morgan fingerprint density at radius 2 is 2.15 bits per heavy atom. The molecule has 0 aliphatic carbocycles. The van der Waals surface area contributed by atoms with Gasteiger partial charge in [-0.1, -0.05) is 5.16 Å². The van der Waals surface area contributed by atoms with Crippen LogP contribution in [0.2, 0.25) is 0 Å². The molecule has 2 aromatic rings. The van der Waals surface area contributed by atoms with Gasteiger partial charge in [-0.15, -0.1) is 46.2 Å². The van der Waals surface area contributed by atoms with E-state index in [4.69, 9.17) is 5.73 Å². The van der Waals surface area contributed by atoms with Crippen molar-refractivity contribution in [3.63, 3.8) is 0 Å². The first-order valence-electron chi connectivity index (χ1n) is 9.47. The Morgan fingerprint density at radius 3 is 2.74 bits per heavy atom. The van der Waals surface area contributed by atoms with Gasteiger partial charge in [-0.05, 0) is 6.92 Å². The van der Waals surface area contributed by atoms with Gasteiger partial charge >= 0.3 is 29.6 Å². The van der Waals surface area contributed by atoms with E-state index in [1.54, 1.807) is 11.3 Å². The number of aryl methyl sites for hydroxylation is 2. The molecule has 2 atom stereocenters. The number of β-lactam (4-membered cyclic amide) rings is 1. The van der Waals surface area contributed by atoms with Crippen molar-refractivity contribution >= 4 is 74.8 Å². The fourth-order valence-electron chi connectivity index (χ4n) is 3.29. The van der Waals surface area contributed by atoms with Crippen LogP contribution >= 0.6 is 46.2 Å². The van der Waals surface area contributed by atoms with Crippen LogP contribution in [0.3, 0.4) is 0 Å². The predicted molar refractivity (Wildman–Crippen MR) is 125 cm³/mol. The molecule has 4 N–H and O–H groups in total. The molecular weight excluding hydrogens is 531 g/mol. The van der Waals surface area contributed by atoms with Crippen molar-refractivity contribution in [1.29, 1.82) is 0 Å². The van der Waals surface area contributed by atoms with E-state index in [9.17, 15) is 24.7 Å². The van der Waals surface area contributed by atoms with E-state index >= 15 is 0 Å². The van der Waals surface area contributed by atoms with Crippen molar-refractivity contribution in [3.05, 3.63) is 37.8 Å². The normalized spacial score (nSPS) is 19.9. The van der Waals surface area contributed by atoms with Crippen LogP contribution in [0.5, 0.6) is 0 Å². The second-order valence-corrected chi connectivity index (χ2v) is 11.0. The summed E-state index contributed by atoms with van der Waals surface area (Å²) in [5.41, 5.74) is 6.00. The van der Waals surface area contributed by atoms with Crippen molar-refractivity contribution in [2.75, 3.05) is 17.2 Å². The Labute approximate surface area is 232 Å². The van der Waals surface area contributed by atoms with E-state index in [0.29, 0.717) is 22.8 Å². The van der Waals surface area contributed by atoms with Gasteiger partial charge in [-0.25, -0.2) is 9.97 Å². The average Bonchev–Trinajstić information content (AvgIpc) is 3.39. The molecule has 174 valence electrons. The van der Waals surface area contributed by atoms with E-state index in [0.717, 1.165) is 26.9 Å². The van der Waals surface area contributed by atoms with Crippen LogP contribution in [-0.4, -0.2) is 66.5 Å². The molecule has 2 aromatic heterocycles. The number of nitrogens with one attached hydrogen (secondary N) is 1. The molecule has 0 unspecified atom stereocenters. The summed E-state index contributed by atoms with van der Waals surface area (Å²) in [7, 11) is 0. The topological polar surface area (TPSA) is 174 Å². The maximum absolute atomic E-state index is 12.8. The summed E-state index contributed by atoms with van der Waals surface area (Å²) in [5, 5.41) is 30.5. The Morgan fingerprint density at radius 1 is 1.38 bits per heavy atom. The number of nitrogen functional groups attached to an aromatic ring is 1. The Bertz CT molecular complexity index is 1180. The molecule has 2 aliphatic rings. The van der Waals surface area contributed by atoms with E-state index in [1.165, 1.54) is 28.9 Å². The summed E-state index contributed by atoms with van der Waals surface area (Å²) in [6.07, 6.45) is 0.679. The van der Waals surface area contributed by atoms with E-state index < -0.39 is 29.2 Å². The molecule has 0 bridgehead atoms. The molecule has 1 fully saturated rings. The summed E-state index contributed by atoms with van der Waals surface area (Å²) >= 11 is 5.30. The zero-order chi connectivity index (χ0) is 23.7. The Balaban J connectivity index is 0.00000324. The van der Waals surface area contributed by atoms with Crippen LogP contribution in [0, 0.1) is 6.92 Å². The number of carboxylic acids is 1. The van der Waals surface area contributed by atoms with Crippen LogP contribution in [0.4, 0.5) is 5.13 Å². The third-order valence-electron chi connectivity index (χ3n) is 4.75. The molecule has 2 amide bonds. The molecule has 0 radical (unpaired) electrons. The molecule has 1 saturated heterocycles. The molecule has 0 saturated carbocycles. The van der Waals surface area contributed by atoms with Crippen molar-refractivity contribution in [3.8, 4) is 0 Å². The minimum absolute atomic E-state index is 0. The van der Waals surface area contributed by atoms with E-state index in [-0.39, 0.29) is 51.8 Å². The quantitative estimate of drug-likeness (QED) is 0.101. The van der Waals surface area contributed by atoms with Crippen LogP contribution in [-0.2, 0) is 20.8 Å². The minimum atomic E-state index is -1.44. The van der Waals surface area contributed by atoms with Gasteiger partial charge in [0, 0.05) is 39.3 Å². The van der Waals surface area contributed by atoms with Gasteiger partial charge in [0.05, 0.1) is 16.7 Å². The molecular formula is C18H17N6NaO5S4. The van der Waals surface area contributed by atoms with Crippen molar-refractivity contribution in [2.24, 2.45) is 5.16 Å². The molecule has 4 rings (SSSR count). The maximum atomic E-state index is 12.8. The van der Waals surface area contributed by atoms with Crippen LogP contribution < -0.4 is 45.7 Å². The second kappa shape index (κ2) is 11.4. The number of aliphatic carboxylic acids is 1. The molecule has 4 heterocycles. The van der Waals surface area contributed by atoms with Gasteiger partial charge in [0.15, 0.2) is 10.8 Å². The fraction of sp³-hybridized carbons (Fsp3) is 0.333. The minimum Gasteiger partial charge on any atom is -0.543 e. The number of nitrogens with two attached hydrogens (primary N) is 1. The van der Waals surface area contributed by atoms with E-state index in [1.807, 2.05) is 12.3 Å². The number of oxime groups is 1.